The minimum Gasteiger partial charge on any atom is -0.368 e. The van der Waals surface area contributed by atoms with Crippen molar-refractivity contribution in [1.82, 2.24) is 5.32 Å². The number of nitrogens with one attached hydrogen (secondary N) is 3. The maximum atomic E-state index is 12.5. The van der Waals surface area contributed by atoms with Crippen molar-refractivity contribution in [2.24, 2.45) is 0 Å². The lowest BCUT2D eigenvalue weighted by molar-refractivity contribution is -0.140. The molecular formula is C15H22ClN3O3. The molecule has 3 N–H and O–H groups in total. The van der Waals surface area contributed by atoms with Gasteiger partial charge >= 0.3 is 0 Å². The minimum atomic E-state index is -0.782. The molecule has 1 fully saturated rings. The molecule has 1 heterocycles. The quantitative estimate of drug-likeness (QED) is 0.787. The summed E-state index contributed by atoms with van der Waals surface area (Å²) in [5.41, 5.74) is 0.508. The zero-order valence-electron chi connectivity index (χ0n) is 12.8. The summed E-state index contributed by atoms with van der Waals surface area (Å²) in [6.45, 7) is 2.96. The molecule has 1 aliphatic heterocycles. The van der Waals surface area contributed by atoms with Gasteiger partial charge in [0, 0.05) is 25.4 Å². The summed E-state index contributed by atoms with van der Waals surface area (Å²) in [5, 5.41) is 8.78. The topological polar surface area (TPSA) is 79.5 Å². The lowest BCUT2D eigenvalue weighted by Gasteiger charge is -2.34. The van der Waals surface area contributed by atoms with Crippen LogP contribution in [0.5, 0.6) is 0 Å². The van der Waals surface area contributed by atoms with Crippen molar-refractivity contribution < 1.29 is 14.3 Å². The molecule has 0 atom stereocenters. The summed E-state index contributed by atoms with van der Waals surface area (Å²) in [7, 11) is 1.57. The number of hydrogen-bond acceptors (Lipinski definition) is 4. The van der Waals surface area contributed by atoms with Gasteiger partial charge in [-0.2, -0.15) is 0 Å². The van der Waals surface area contributed by atoms with Crippen LogP contribution >= 0.6 is 12.4 Å². The second-order valence-electron chi connectivity index (χ2n) is 5.16. The molecule has 0 aliphatic carbocycles. The molecule has 0 bridgehead atoms. The second kappa shape index (κ2) is 8.12. The fourth-order valence-electron chi connectivity index (χ4n) is 2.48. The Balaban J connectivity index is 0.00000242. The van der Waals surface area contributed by atoms with E-state index in [1.807, 2.05) is 0 Å². The lowest BCUT2D eigenvalue weighted by atomic mass is 9.91. The van der Waals surface area contributed by atoms with E-state index >= 15 is 0 Å². The van der Waals surface area contributed by atoms with Crippen molar-refractivity contribution in [3.05, 3.63) is 24.3 Å². The van der Waals surface area contributed by atoms with Gasteiger partial charge in [0.2, 0.25) is 5.91 Å². The van der Waals surface area contributed by atoms with E-state index in [9.17, 15) is 9.59 Å². The number of piperidine rings is 1. The van der Waals surface area contributed by atoms with Crippen molar-refractivity contribution in [2.45, 2.75) is 25.4 Å². The molecule has 2 amide bonds. The molecule has 0 saturated carbocycles. The number of hydrogen-bond donors (Lipinski definition) is 3. The Labute approximate surface area is 136 Å². The highest BCUT2D eigenvalue weighted by Crippen LogP contribution is 2.25. The maximum Gasteiger partial charge on any atom is 0.256 e. The first kappa shape index (κ1) is 18.4. The van der Waals surface area contributed by atoms with Crippen LogP contribution in [0.3, 0.4) is 0 Å². The van der Waals surface area contributed by atoms with Crippen molar-refractivity contribution in [3.63, 3.8) is 0 Å². The third kappa shape index (κ3) is 4.43. The van der Waals surface area contributed by atoms with E-state index in [-0.39, 0.29) is 24.2 Å². The first-order valence-corrected chi connectivity index (χ1v) is 7.01. The molecule has 122 valence electrons. The molecule has 0 radical (unpaired) electrons. The summed E-state index contributed by atoms with van der Waals surface area (Å²) in [4.78, 5) is 23.6. The molecule has 1 aromatic carbocycles. The van der Waals surface area contributed by atoms with Gasteiger partial charge in [-0.1, -0.05) is 6.07 Å². The number of anilines is 2. The number of carbonyl (C=O) groups excluding carboxylic acids is 2. The van der Waals surface area contributed by atoms with Gasteiger partial charge in [-0.15, -0.1) is 12.4 Å². The summed E-state index contributed by atoms with van der Waals surface area (Å²) in [6, 6.07) is 7.06. The number of methoxy groups -OCH3 is 1. The summed E-state index contributed by atoms with van der Waals surface area (Å²) in [5.74, 6) is -0.295. The lowest BCUT2D eigenvalue weighted by Crippen LogP contribution is -2.51. The Kier molecular flexibility index (Phi) is 6.80. The predicted molar refractivity (Wildman–Crippen MR) is 88.5 cm³/mol. The highest BCUT2D eigenvalue weighted by molar-refractivity contribution is 5.98. The normalized spacial score (nSPS) is 16.3. The first-order valence-electron chi connectivity index (χ1n) is 7.01. The van der Waals surface area contributed by atoms with Crippen molar-refractivity contribution in [1.29, 1.82) is 0 Å². The van der Waals surface area contributed by atoms with Crippen molar-refractivity contribution >= 4 is 35.6 Å². The van der Waals surface area contributed by atoms with E-state index in [0.29, 0.717) is 24.2 Å². The Morgan fingerprint density at radius 2 is 1.77 bits per heavy atom. The van der Waals surface area contributed by atoms with Gasteiger partial charge in [0.25, 0.3) is 5.91 Å². The van der Waals surface area contributed by atoms with Crippen LogP contribution in [0.25, 0.3) is 0 Å². The molecule has 1 saturated heterocycles. The Morgan fingerprint density at radius 1 is 1.18 bits per heavy atom. The molecule has 7 heteroatoms. The minimum absolute atomic E-state index is 0. The van der Waals surface area contributed by atoms with Crippen LogP contribution in [0.1, 0.15) is 19.8 Å². The highest BCUT2D eigenvalue weighted by Gasteiger charge is 2.39. The molecule has 1 aliphatic rings. The third-order valence-electron chi connectivity index (χ3n) is 3.66. The Morgan fingerprint density at radius 3 is 2.32 bits per heavy atom. The van der Waals surface area contributed by atoms with E-state index in [0.717, 1.165) is 13.1 Å². The number of rotatable bonds is 4. The first-order chi connectivity index (χ1) is 10.1. The van der Waals surface area contributed by atoms with Crippen molar-refractivity contribution in [2.75, 3.05) is 30.8 Å². The van der Waals surface area contributed by atoms with Crippen LogP contribution in [0.4, 0.5) is 11.4 Å². The van der Waals surface area contributed by atoms with Gasteiger partial charge in [0.1, 0.15) is 5.60 Å². The van der Waals surface area contributed by atoms with E-state index in [1.54, 1.807) is 31.4 Å². The SMILES string of the molecule is COC1(C(=O)Nc2cccc(NC(C)=O)c2)CCNCC1.Cl. The number of amides is 2. The fourth-order valence-corrected chi connectivity index (χ4v) is 2.48. The predicted octanol–water partition coefficient (Wildman–Crippen LogP) is 1.77. The number of halogens is 1. The fraction of sp³-hybridized carbons (Fsp3) is 0.467. The Hall–Kier alpha value is -1.63. The molecule has 1 aromatic rings. The van der Waals surface area contributed by atoms with Gasteiger partial charge in [-0.3, -0.25) is 9.59 Å². The maximum absolute atomic E-state index is 12.5. The van der Waals surface area contributed by atoms with Gasteiger partial charge < -0.3 is 20.7 Å². The van der Waals surface area contributed by atoms with E-state index in [4.69, 9.17) is 4.74 Å². The molecule has 2 rings (SSSR count). The summed E-state index contributed by atoms with van der Waals surface area (Å²) in [6.07, 6.45) is 1.28. The van der Waals surface area contributed by atoms with Crippen LogP contribution in [0, 0.1) is 0 Å². The summed E-state index contributed by atoms with van der Waals surface area (Å²) >= 11 is 0. The second-order valence-corrected chi connectivity index (χ2v) is 5.16. The van der Waals surface area contributed by atoms with Gasteiger partial charge in [0.05, 0.1) is 0 Å². The molecule has 6 nitrogen and oxygen atoms in total. The molecule has 22 heavy (non-hydrogen) atoms. The van der Waals surface area contributed by atoms with Gasteiger partial charge in [-0.25, -0.2) is 0 Å². The average Bonchev–Trinajstić information content (AvgIpc) is 2.47. The van der Waals surface area contributed by atoms with Gasteiger partial charge in [0.15, 0.2) is 0 Å². The highest BCUT2D eigenvalue weighted by atomic mass is 35.5. The number of benzene rings is 1. The molecular weight excluding hydrogens is 306 g/mol. The smallest absolute Gasteiger partial charge is 0.256 e. The standard InChI is InChI=1S/C15H21N3O3.ClH/c1-11(19)17-12-4-3-5-13(10-12)18-14(20)15(21-2)6-8-16-9-7-15;/h3-5,10,16H,6-9H2,1-2H3,(H,17,19)(H,18,20);1H. The number of ether oxygens (including phenoxy) is 1. The molecule has 0 unspecified atom stereocenters. The average molecular weight is 328 g/mol. The van der Waals surface area contributed by atoms with Crippen LogP contribution in [-0.4, -0.2) is 37.6 Å². The van der Waals surface area contributed by atoms with Crippen LogP contribution in [-0.2, 0) is 14.3 Å². The van der Waals surface area contributed by atoms with E-state index in [1.165, 1.54) is 6.92 Å². The largest absolute Gasteiger partial charge is 0.368 e. The zero-order valence-corrected chi connectivity index (χ0v) is 13.6. The monoisotopic (exact) mass is 327 g/mol. The van der Waals surface area contributed by atoms with Gasteiger partial charge in [-0.05, 0) is 44.1 Å². The van der Waals surface area contributed by atoms with Crippen LogP contribution < -0.4 is 16.0 Å². The van der Waals surface area contributed by atoms with E-state index in [2.05, 4.69) is 16.0 Å². The molecule has 0 aromatic heterocycles. The summed E-state index contributed by atoms with van der Waals surface area (Å²) < 4.78 is 5.49. The number of carbonyl (C=O) groups is 2. The third-order valence-corrected chi connectivity index (χ3v) is 3.66. The van der Waals surface area contributed by atoms with Crippen LogP contribution in [0.2, 0.25) is 0 Å². The zero-order chi connectivity index (χ0) is 15.3. The molecule has 0 spiro atoms. The van der Waals surface area contributed by atoms with E-state index < -0.39 is 5.60 Å². The Bertz CT molecular complexity index is 531. The van der Waals surface area contributed by atoms with Crippen LogP contribution in [0.15, 0.2) is 24.3 Å². The van der Waals surface area contributed by atoms with Crippen molar-refractivity contribution in [3.8, 4) is 0 Å².